The van der Waals surface area contributed by atoms with Gasteiger partial charge in [0.05, 0.1) is 6.10 Å². The fraction of sp³-hybridized carbons (Fsp3) is 0.625. The van der Waals surface area contributed by atoms with E-state index in [2.05, 4.69) is 6.92 Å². The Morgan fingerprint density at radius 2 is 2.11 bits per heavy atom. The highest BCUT2D eigenvalue weighted by molar-refractivity contribution is 5.37. The van der Waals surface area contributed by atoms with Crippen molar-refractivity contribution >= 4 is 0 Å². The lowest BCUT2D eigenvalue weighted by atomic mass is 9.77. The van der Waals surface area contributed by atoms with Crippen molar-refractivity contribution in [1.29, 1.82) is 0 Å². The molecule has 4 unspecified atom stereocenters. The van der Waals surface area contributed by atoms with Crippen molar-refractivity contribution < 1.29 is 14.2 Å². The van der Waals surface area contributed by atoms with Gasteiger partial charge in [-0.1, -0.05) is 19.8 Å². The van der Waals surface area contributed by atoms with E-state index < -0.39 is 6.10 Å². The first kappa shape index (κ1) is 12.9. The van der Waals surface area contributed by atoms with E-state index in [0.717, 1.165) is 5.92 Å². The van der Waals surface area contributed by atoms with Gasteiger partial charge in [0.15, 0.2) is 0 Å². The van der Waals surface area contributed by atoms with Crippen molar-refractivity contribution in [1.82, 2.24) is 0 Å². The molecule has 0 aromatic heterocycles. The molecular formula is C16H21FO2. The van der Waals surface area contributed by atoms with Crippen molar-refractivity contribution in [2.45, 2.75) is 51.2 Å². The van der Waals surface area contributed by atoms with E-state index in [-0.39, 0.29) is 11.9 Å². The van der Waals surface area contributed by atoms with Gasteiger partial charge in [-0.3, -0.25) is 0 Å². The number of hydrogen-bond acceptors (Lipinski definition) is 2. The minimum absolute atomic E-state index is 0.0794. The average Bonchev–Trinajstić information content (AvgIpc) is 2.39. The van der Waals surface area contributed by atoms with Crippen LogP contribution in [0.25, 0.3) is 0 Å². The van der Waals surface area contributed by atoms with Gasteiger partial charge in [0, 0.05) is 12.0 Å². The Morgan fingerprint density at radius 3 is 2.89 bits per heavy atom. The summed E-state index contributed by atoms with van der Waals surface area (Å²) >= 11 is 0. The molecule has 1 saturated carbocycles. The molecule has 1 fully saturated rings. The smallest absolute Gasteiger partial charge is 0.125 e. The van der Waals surface area contributed by atoms with Crippen molar-refractivity contribution in [2.75, 3.05) is 0 Å². The van der Waals surface area contributed by atoms with E-state index in [1.165, 1.54) is 37.8 Å². The second-order valence-corrected chi connectivity index (χ2v) is 6.12. The summed E-state index contributed by atoms with van der Waals surface area (Å²) in [5.41, 5.74) is 0.597. The number of hydrogen-bond donors (Lipinski definition) is 1. The minimum Gasteiger partial charge on any atom is -0.490 e. The zero-order valence-corrected chi connectivity index (χ0v) is 11.3. The zero-order chi connectivity index (χ0) is 13.4. The molecule has 1 aliphatic heterocycles. The third kappa shape index (κ3) is 2.62. The van der Waals surface area contributed by atoms with E-state index in [4.69, 9.17) is 4.74 Å². The molecule has 1 N–H and O–H groups in total. The standard InChI is InChI=1S/C16H21FO2/c1-10-3-2-4-11(7-10)16-9-14(18)13-8-12(17)5-6-15(13)19-16/h5-6,8,10-11,14,16,18H,2-4,7,9H2,1H3. The van der Waals surface area contributed by atoms with Gasteiger partial charge in [-0.25, -0.2) is 4.39 Å². The first-order valence-corrected chi connectivity index (χ1v) is 7.27. The summed E-state index contributed by atoms with van der Waals surface area (Å²) in [6.07, 6.45) is 4.98. The van der Waals surface area contributed by atoms with Crippen molar-refractivity contribution in [2.24, 2.45) is 11.8 Å². The van der Waals surface area contributed by atoms with Gasteiger partial charge in [0.2, 0.25) is 0 Å². The van der Waals surface area contributed by atoms with E-state index >= 15 is 0 Å². The number of fused-ring (bicyclic) bond motifs is 1. The van der Waals surface area contributed by atoms with Crippen LogP contribution in [0.4, 0.5) is 4.39 Å². The van der Waals surface area contributed by atoms with Crippen LogP contribution in [0.5, 0.6) is 5.75 Å². The molecule has 2 aliphatic rings. The Kier molecular flexibility index (Phi) is 3.48. The number of rotatable bonds is 1. The van der Waals surface area contributed by atoms with Crippen molar-refractivity contribution in [3.05, 3.63) is 29.6 Å². The fourth-order valence-electron chi connectivity index (χ4n) is 3.55. The number of aliphatic hydroxyl groups excluding tert-OH is 1. The van der Waals surface area contributed by atoms with Crippen LogP contribution < -0.4 is 4.74 Å². The molecule has 1 aromatic carbocycles. The summed E-state index contributed by atoms with van der Waals surface area (Å²) in [6, 6.07) is 4.43. The first-order valence-electron chi connectivity index (χ1n) is 7.27. The van der Waals surface area contributed by atoms with Gasteiger partial charge < -0.3 is 9.84 Å². The molecule has 1 aliphatic carbocycles. The summed E-state index contributed by atoms with van der Waals surface area (Å²) in [4.78, 5) is 0. The van der Waals surface area contributed by atoms with Crippen LogP contribution in [0, 0.1) is 17.7 Å². The van der Waals surface area contributed by atoms with Gasteiger partial charge in [-0.2, -0.15) is 0 Å². The summed E-state index contributed by atoms with van der Waals surface area (Å²) in [6.45, 7) is 2.29. The fourth-order valence-corrected chi connectivity index (χ4v) is 3.55. The van der Waals surface area contributed by atoms with Crippen LogP contribution >= 0.6 is 0 Å². The van der Waals surface area contributed by atoms with E-state index in [0.29, 0.717) is 23.7 Å². The maximum atomic E-state index is 13.2. The molecule has 19 heavy (non-hydrogen) atoms. The maximum Gasteiger partial charge on any atom is 0.125 e. The molecule has 0 bridgehead atoms. The van der Waals surface area contributed by atoms with Gasteiger partial charge >= 0.3 is 0 Å². The third-order valence-corrected chi connectivity index (χ3v) is 4.57. The molecule has 1 heterocycles. The number of halogens is 1. The molecule has 0 spiro atoms. The van der Waals surface area contributed by atoms with Crippen molar-refractivity contribution in [3.8, 4) is 5.75 Å². The Balaban J connectivity index is 1.79. The normalized spacial score (nSPS) is 34.5. The largest absolute Gasteiger partial charge is 0.490 e. The molecule has 0 saturated heterocycles. The second-order valence-electron chi connectivity index (χ2n) is 6.12. The predicted molar refractivity (Wildman–Crippen MR) is 71.5 cm³/mol. The van der Waals surface area contributed by atoms with Gasteiger partial charge in [-0.15, -0.1) is 0 Å². The lowest BCUT2D eigenvalue weighted by Crippen LogP contribution is -2.35. The summed E-state index contributed by atoms with van der Waals surface area (Å²) < 4.78 is 19.2. The van der Waals surface area contributed by atoms with Gasteiger partial charge in [0.25, 0.3) is 0 Å². The Bertz CT molecular complexity index is 460. The Morgan fingerprint density at radius 1 is 1.26 bits per heavy atom. The summed E-state index contributed by atoms with van der Waals surface area (Å²) in [5, 5.41) is 10.2. The van der Waals surface area contributed by atoms with Crippen molar-refractivity contribution in [3.63, 3.8) is 0 Å². The first-order chi connectivity index (χ1) is 9.13. The molecule has 2 nitrogen and oxygen atoms in total. The molecule has 0 amide bonds. The number of ether oxygens (including phenoxy) is 1. The number of benzene rings is 1. The minimum atomic E-state index is -0.596. The molecule has 1 aromatic rings. The highest BCUT2D eigenvalue weighted by Crippen LogP contribution is 2.41. The maximum absolute atomic E-state index is 13.2. The third-order valence-electron chi connectivity index (χ3n) is 4.57. The van der Waals surface area contributed by atoms with Gasteiger partial charge in [-0.05, 0) is 42.9 Å². The molecule has 104 valence electrons. The lowest BCUT2D eigenvalue weighted by Gasteiger charge is -2.37. The van der Waals surface area contributed by atoms with Crippen LogP contribution in [0.2, 0.25) is 0 Å². The lowest BCUT2D eigenvalue weighted by molar-refractivity contribution is 0.0169. The number of aliphatic hydroxyl groups is 1. The van der Waals surface area contributed by atoms with E-state index in [9.17, 15) is 9.50 Å². The van der Waals surface area contributed by atoms with Crippen LogP contribution in [-0.2, 0) is 0 Å². The Hall–Kier alpha value is -1.09. The highest BCUT2D eigenvalue weighted by atomic mass is 19.1. The SMILES string of the molecule is CC1CCCC(C2CC(O)c3cc(F)ccc3O2)C1. The topological polar surface area (TPSA) is 29.5 Å². The second kappa shape index (κ2) is 5.12. The predicted octanol–water partition coefficient (Wildman–Crippen LogP) is 3.84. The molecular weight excluding hydrogens is 243 g/mol. The zero-order valence-electron chi connectivity index (χ0n) is 11.3. The van der Waals surface area contributed by atoms with Crippen LogP contribution in [0.3, 0.4) is 0 Å². The van der Waals surface area contributed by atoms with E-state index in [1.807, 2.05) is 0 Å². The monoisotopic (exact) mass is 264 g/mol. The average molecular weight is 264 g/mol. The quantitative estimate of drug-likeness (QED) is 0.835. The summed E-state index contributed by atoms with van der Waals surface area (Å²) in [7, 11) is 0. The van der Waals surface area contributed by atoms with Gasteiger partial charge in [0.1, 0.15) is 17.7 Å². The Labute approximate surface area is 113 Å². The van der Waals surface area contributed by atoms with E-state index in [1.54, 1.807) is 6.07 Å². The van der Waals surface area contributed by atoms with Crippen LogP contribution in [0.15, 0.2) is 18.2 Å². The van der Waals surface area contributed by atoms with Crippen LogP contribution in [-0.4, -0.2) is 11.2 Å². The highest BCUT2D eigenvalue weighted by Gasteiger charge is 2.34. The summed E-state index contributed by atoms with van der Waals surface area (Å²) in [5.74, 6) is 1.61. The van der Waals surface area contributed by atoms with Crippen LogP contribution in [0.1, 0.15) is 50.7 Å². The molecule has 3 heteroatoms. The molecule has 4 atom stereocenters. The molecule has 3 rings (SSSR count). The molecule has 0 radical (unpaired) electrons.